The normalized spacial score (nSPS) is 14.2. The monoisotopic (exact) mass is 263 g/mol. The van der Waals surface area contributed by atoms with Crippen LogP contribution in [0.1, 0.15) is 11.7 Å². The highest BCUT2D eigenvalue weighted by molar-refractivity contribution is 6.30. The van der Waals surface area contributed by atoms with E-state index in [4.69, 9.17) is 17.3 Å². The van der Waals surface area contributed by atoms with Gasteiger partial charge in [0.05, 0.1) is 12.8 Å². The van der Waals surface area contributed by atoms with E-state index < -0.39 is 24.0 Å². The summed E-state index contributed by atoms with van der Waals surface area (Å²) in [4.78, 5) is 11.0. The first-order valence-corrected chi connectivity index (χ1v) is 4.94. The van der Waals surface area contributed by atoms with Gasteiger partial charge in [-0.2, -0.15) is 0 Å². The van der Waals surface area contributed by atoms with Gasteiger partial charge in [0.2, 0.25) is 0 Å². The number of hydrogen-bond donors (Lipinski definition) is 3. The maximum Gasteiger partial charge on any atom is 0.337 e. The smallest absolute Gasteiger partial charge is 0.337 e. The van der Waals surface area contributed by atoms with E-state index >= 15 is 0 Å². The minimum absolute atomic E-state index is 0.0113. The average molecular weight is 264 g/mol. The van der Waals surface area contributed by atoms with Gasteiger partial charge < -0.3 is 20.7 Å². The zero-order valence-electron chi connectivity index (χ0n) is 8.85. The molecule has 0 aliphatic heterocycles. The predicted molar refractivity (Wildman–Crippen MR) is 58.8 cm³/mol. The molecule has 0 aliphatic rings. The van der Waals surface area contributed by atoms with E-state index in [1.54, 1.807) is 0 Å². The minimum atomic E-state index is -1.86. The largest absolute Gasteiger partial charge is 0.467 e. The second kappa shape index (κ2) is 5.31. The summed E-state index contributed by atoms with van der Waals surface area (Å²) in [5.74, 6) is -1.90. The zero-order chi connectivity index (χ0) is 13.2. The number of carbonyl (C=O) groups is 1. The first-order chi connectivity index (χ1) is 7.88. The Labute approximate surface area is 102 Å². The van der Waals surface area contributed by atoms with E-state index in [0.29, 0.717) is 0 Å². The van der Waals surface area contributed by atoms with Crippen molar-refractivity contribution in [1.29, 1.82) is 0 Å². The van der Waals surface area contributed by atoms with E-state index in [1.807, 2.05) is 0 Å². The number of methoxy groups -OCH3 is 1. The molecule has 1 aromatic carbocycles. The van der Waals surface area contributed by atoms with Gasteiger partial charge in [-0.1, -0.05) is 11.6 Å². The maximum atomic E-state index is 13.2. The highest BCUT2D eigenvalue weighted by Crippen LogP contribution is 2.29. The van der Waals surface area contributed by atoms with Crippen molar-refractivity contribution >= 4 is 23.3 Å². The molecule has 0 radical (unpaired) electrons. The van der Waals surface area contributed by atoms with Crippen molar-refractivity contribution in [1.82, 2.24) is 0 Å². The lowest BCUT2D eigenvalue weighted by Gasteiger charge is -2.18. The molecule has 17 heavy (non-hydrogen) atoms. The van der Waals surface area contributed by atoms with Crippen LogP contribution in [0.25, 0.3) is 0 Å². The fraction of sp³-hybridized carbons (Fsp3) is 0.300. The summed E-state index contributed by atoms with van der Waals surface area (Å²) in [5.41, 5.74) is 4.82. The van der Waals surface area contributed by atoms with Gasteiger partial charge in [0.1, 0.15) is 11.9 Å². The average Bonchev–Trinajstić information content (AvgIpc) is 2.30. The Bertz CT molecular complexity index is 441. The molecule has 0 amide bonds. The molecule has 0 saturated carbocycles. The topological polar surface area (TPSA) is 92.8 Å². The molecule has 2 unspecified atom stereocenters. The Morgan fingerprint density at radius 2 is 2.12 bits per heavy atom. The van der Waals surface area contributed by atoms with Crippen LogP contribution in [0.2, 0.25) is 5.02 Å². The number of hydrogen-bond acceptors (Lipinski definition) is 5. The molecule has 0 aliphatic carbocycles. The van der Waals surface area contributed by atoms with Gasteiger partial charge in [0.25, 0.3) is 0 Å². The van der Waals surface area contributed by atoms with Gasteiger partial charge >= 0.3 is 5.97 Å². The second-order valence-corrected chi connectivity index (χ2v) is 3.74. The molecule has 2 atom stereocenters. The summed E-state index contributed by atoms with van der Waals surface area (Å²) in [7, 11) is 1.04. The standard InChI is InChI=1S/C10H11ClFNO4/c1-17-10(16)9(15)8(14)5-2-4(11)3-6(12)7(5)13/h2-3,8-9,14-15H,13H2,1H3. The lowest BCUT2D eigenvalue weighted by Crippen LogP contribution is -2.29. The first-order valence-electron chi connectivity index (χ1n) is 4.56. The fourth-order valence-electron chi connectivity index (χ4n) is 1.27. The van der Waals surface area contributed by atoms with Crippen molar-refractivity contribution in [2.45, 2.75) is 12.2 Å². The Hall–Kier alpha value is -1.37. The zero-order valence-corrected chi connectivity index (χ0v) is 9.61. The third-order valence-electron chi connectivity index (χ3n) is 2.19. The molecular formula is C10H11ClFNO4. The molecule has 7 heteroatoms. The molecule has 0 aromatic heterocycles. The quantitative estimate of drug-likeness (QED) is 0.549. The third-order valence-corrected chi connectivity index (χ3v) is 2.40. The van der Waals surface area contributed by atoms with E-state index in [-0.39, 0.29) is 16.3 Å². The predicted octanol–water partition coefficient (Wildman–Crippen LogP) is 0.629. The molecule has 0 saturated heterocycles. The molecule has 0 fully saturated rings. The lowest BCUT2D eigenvalue weighted by atomic mass is 10.0. The number of nitrogens with two attached hydrogens (primary N) is 1. The van der Waals surface area contributed by atoms with Crippen molar-refractivity contribution in [2.75, 3.05) is 12.8 Å². The van der Waals surface area contributed by atoms with Crippen LogP contribution in [0.4, 0.5) is 10.1 Å². The van der Waals surface area contributed by atoms with Crippen molar-refractivity contribution in [3.63, 3.8) is 0 Å². The number of benzene rings is 1. The van der Waals surface area contributed by atoms with E-state index in [2.05, 4.69) is 4.74 Å². The van der Waals surface area contributed by atoms with Crippen molar-refractivity contribution in [2.24, 2.45) is 0 Å². The lowest BCUT2D eigenvalue weighted by molar-refractivity contribution is -0.156. The summed E-state index contributed by atoms with van der Waals surface area (Å²) in [6.07, 6.45) is -3.57. The number of nitrogen functional groups attached to an aromatic ring is 1. The van der Waals surface area contributed by atoms with Crippen molar-refractivity contribution in [3.05, 3.63) is 28.5 Å². The summed E-state index contributed by atoms with van der Waals surface area (Å²) in [6.45, 7) is 0. The van der Waals surface area contributed by atoms with Crippen LogP contribution >= 0.6 is 11.6 Å². The number of aliphatic hydroxyl groups is 2. The number of halogens is 2. The Morgan fingerprint density at radius 3 is 2.65 bits per heavy atom. The summed E-state index contributed by atoms with van der Waals surface area (Å²) >= 11 is 5.58. The number of ether oxygens (including phenoxy) is 1. The van der Waals surface area contributed by atoms with Crippen LogP contribution in [-0.4, -0.2) is 29.4 Å². The first kappa shape index (κ1) is 13.7. The molecule has 0 spiro atoms. The van der Waals surface area contributed by atoms with Gasteiger partial charge in [-0.05, 0) is 12.1 Å². The van der Waals surface area contributed by atoms with Gasteiger partial charge in [0, 0.05) is 10.6 Å². The van der Waals surface area contributed by atoms with Crippen LogP contribution in [0.3, 0.4) is 0 Å². The SMILES string of the molecule is COC(=O)C(O)C(O)c1cc(Cl)cc(F)c1N. The highest BCUT2D eigenvalue weighted by atomic mass is 35.5. The highest BCUT2D eigenvalue weighted by Gasteiger charge is 2.29. The third kappa shape index (κ3) is 2.85. The van der Waals surface area contributed by atoms with Crippen LogP contribution in [0.5, 0.6) is 0 Å². The number of aliphatic hydroxyl groups excluding tert-OH is 2. The van der Waals surface area contributed by atoms with Crippen molar-refractivity contribution < 1.29 is 24.1 Å². The number of carbonyl (C=O) groups excluding carboxylic acids is 1. The minimum Gasteiger partial charge on any atom is -0.467 e. The van der Waals surface area contributed by atoms with Gasteiger partial charge in [0.15, 0.2) is 6.10 Å². The van der Waals surface area contributed by atoms with Crippen LogP contribution < -0.4 is 5.73 Å². The van der Waals surface area contributed by atoms with Crippen molar-refractivity contribution in [3.8, 4) is 0 Å². The van der Waals surface area contributed by atoms with Gasteiger partial charge in [-0.3, -0.25) is 0 Å². The summed E-state index contributed by atoms with van der Waals surface area (Å²) < 4.78 is 17.5. The van der Waals surface area contributed by atoms with E-state index in [1.165, 1.54) is 0 Å². The second-order valence-electron chi connectivity index (χ2n) is 3.30. The number of rotatable bonds is 3. The summed E-state index contributed by atoms with van der Waals surface area (Å²) in [6, 6.07) is 2.12. The Morgan fingerprint density at radius 1 is 1.53 bits per heavy atom. The Balaban J connectivity index is 3.12. The number of esters is 1. The van der Waals surface area contributed by atoms with Crippen LogP contribution in [0.15, 0.2) is 12.1 Å². The Kier molecular flexibility index (Phi) is 4.28. The molecular weight excluding hydrogens is 253 g/mol. The van der Waals surface area contributed by atoms with Crippen LogP contribution in [-0.2, 0) is 9.53 Å². The summed E-state index contributed by atoms with van der Waals surface area (Å²) in [5, 5.41) is 19.1. The fourth-order valence-corrected chi connectivity index (χ4v) is 1.48. The molecule has 1 rings (SSSR count). The molecule has 4 N–H and O–H groups in total. The maximum absolute atomic E-state index is 13.2. The molecule has 5 nitrogen and oxygen atoms in total. The van der Waals surface area contributed by atoms with Gasteiger partial charge in [-0.25, -0.2) is 9.18 Å². The molecule has 0 heterocycles. The molecule has 1 aromatic rings. The molecule has 0 bridgehead atoms. The van der Waals surface area contributed by atoms with Gasteiger partial charge in [-0.15, -0.1) is 0 Å². The van der Waals surface area contributed by atoms with Crippen LogP contribution in [0, 0.1) is 5.82 Å². The van der Waals surface area contributed by atoms with E-state index in [0.717, 1.165) is 19.2 Å². The molecule has 94 valence electrons. The van der Waals surface area contributed by atoms with E-state index in [9.17, 15) is 19.4 Å². The number of anilines is 1.